The number of piperidine rings is 1. The van der Waals surface area contributed by atoms with E-state index < -0.39 is 5.97 Å². The molecule has 0 bridgehead atoms. The van der Waals surface area contributed by atoms with Crippen LogP contribution in [0.25, 0.3) is 11.1 Å². The summed E-state index contributed by atoms with van der Waals surface area (Å²) in [6.45, 7) is 3.34. The molecule has 0 radical (unpaired) electrons. The number of ether oxygens (including phenoxy) is 1. The van der Waals surface area contributed by atoms with E-state index in [9.17, 15) is 4.79 Å². The van der Waals surface area contributed by atoms with E-state index in [0.717, 1.165) is 17.7 Å². The Morgan fingerprint density at radius 1 is 1.07 bits per heavy atom. The van der Waals surface area contributed by atoms with Crippen LogP contribution in [0.2, 0.25) is 0 Å². The van der Waals surface area contributed by atoms with Gasteiger partial charge in [0.05, 0.1) is 0 Å². The van der Waals surface area contributed by atoms with Gasteiger partial charge in [0.15, 0.2) is 0 Å². The number of nitrogens with zero attached hydrogens (tertiary/aromatic N) is 3. The lowest BCUT2D eigenvalue weighted by atomic mass is 10.0. The first-order chi connectivity index (χ1) is 13.7. The van der Waals surface area contributed by atoms with E-state index in [2.05, 4.69) is 44.6 Å². The summed E-state index contributed by atoms with van der Waals surface area (Å²) in [5.74, 6) is -0.712. The second-order valence-electron chi connectivity index (χ2n) is 6.96. The fraction of sp³-hybridized carbons (Fsp3) is 0.286. The summed E-state index contributed by atoms with van der Waals surface area (Å²) in [4.78, 5) is 13.6. The predicted molar refractivity (Wildman–Crippen MR) is 104 cm³/mol. The lowest BCUT2D eigenvalue weighted by molar-refractivity contribution is 0.0687. The first-order valence-electron chi connectivity index (χ1n) is 9.43. The van der Waals surface area contributed by atoms with E-state index in [1.807, 2.05) is 12.1 Å². The first-order valence-corrected chi connectivity index (χ1v) is 9.43. The number of carboxylic acids is 1. The highest BCUT2D eigenvalue weighted by Crippen LogP contribution is 2.27. The Hall–Kier alpha value is -3.19. The van der Waals surface area contributed by atoms with Crippen molar-refractivity contribution in [2.45, 2.75) is 25.8 Å². The third kappa shape index (κ3) is 4.20. The quantitative estimate of drug-likeness (QED) is 0.675. The molecule has 2 heterocycles. The molecule has 28 heavy (non-hydrogen) atoms. The van der Waals surface area contributed by atoms with E-state index >= 15 is 0 Å². The summed E-state index contributed by atoms with van der Waals surface area (Å²) < 4.78 is 5.53. The Bertz CT molecular complexity index is 946. The molecule has 0 unspecified atom stereocenters. The molecule has 7 heteroatoms. The average molecular weight is 378 g/mol. The van der Waals surface area contributed by atoms with Crippen molar-refractivity contribution in [1.82, 2.24) is 20.3 Å². The van der Waals surface area contributed by atoms with Gasteiger partial charge in [-0.15, -0.1) is 0 Å². The fourth-order valence-electron chi connectivity index (χ4n) is 3.48. The van der Waals surface area contributed by atoms with E-state index in [1.54, 1.807) is 12.1 Å². The van der Waals surface area contributed by atoms with Gasteiger partial charge in [-0.1, -0.05) is 47.1 Å². The zero-order valence-electron chi connectivity index (χ0n) is 15.5. The number of carboxylic acid groups (broad SMARTS) is 1. The molecule has 1 fully saturated rings. The Morgan fingerprint density at radius 3 is 2.61 bits per heavy atom. The van der Waals surface area contributed by atoms with Crippen molar-refractivity contribution in [3.8, 4) is 22.8 Å². The van der Waals surface area contributed by atoms with Crippen molar-refractivity contribution in [3.63, 3.8) is 0 Å². The molecule has 1 aliphatic rings. The van der Waals surface area contributed by atoms with Gasteiger partial charge in [0.2, 0.25) is 5.69 Å². The molecular formula is C21H22N4O3. The lowest BCUT2D eigenvalue weighted by Crippen LogP contribution is -2.29. The number of hydrogen-bond donors (Lipinski definition) is 2. The lowest BCUT2D eigenvalue weighted by Gasteiger charge is -2.26. The molecular weight excluding hydrogens is 356 g/mol. The van der Waals surface area contributed by atoms with Gasteiger partial charge in [-0.05, 0) is 60.8 Å². The van der Waals surface area contributed by atoms with Gasteiger partial charge in [-0.2, -0.15) is 0 Å². The molecule has 4 rings (SSSR count). The van der Waals surface area contributed by atoms with Gasteiger partial charge >= 0.3 is 5.97 Å². The normalized spacial score (nSPS) is 14.7. The second kappa shape index (κ2) is 8.22. The number of H-pyrrole nitrogens is 1. The van der Waals surface area contributed by atoms with Crippen LogP contribution < -0.4 is 4.74 Å². The van der Waals surface area contributed by atoms with Crippen LogP contribution in [-0.4, -0.2) is 44.5 Å². The molecule has 1 saturated heterocycles. The minimum absolute atomic E-state index is 0.0521. The maximum atomic E-state index is 11.1. The SMILES string of the molecule is O=C(O)c1[nH]nnc1Oc1ccc(-c2cccc(CN3CCCCC3)c2)cc1. The van der Waals surface area contributed by atoms with Gasteiger partial charge in [0.25, 0.3) is 5.88 Å². The van der Waals surface area contributed by atoms with E-state index in [4.69, 9.17) is 9.84 Å². The monoisotopic (exact) mass is 378 g/mol. The number of rotatable bonds is 6. The molecule has 0 saturated carbocycles. The number of aromatic amines is 1. The van der Waals surface area contributed by atoms with Gasteiger partial charge in [-0.25, -0.2) is 9.89 Å². The van der Waals surface area contributed by atoms with Crippen LogP contribution in [0.5, 0.6) is 11.6 Å². The van der Waals surface area contributed by atoms with E-state index in [0.29, 0.717) is 5.75 Å². The number of carbonyl (C=O) groups is 1. The summed E-state index contributed by atoms with van der Waals surface area (Å²) in [5.41, 5.74) is 3.36. The average Bonchev–Trinajstić information content (AvgIpc) is 3.18. The summed E-state index contributed by atoms with van der Waals surface area (Å²) in [5, 5.41) is 18.5. The van der Waals surface area contributed by atoms with Crippen LogP contribution in [0.1, 0.15) is 35.3 Å². The Kier molecular flexibility index (Phi) is 5.34. The van der Waals surface area contributed by atoms with Crippen molar-refractivity contribution >= 4 is 5.97 Å². The minimum atomic E-state index is -1.16. The van der Waals surface area contributed by atoms with Crippen molar-refractivity contribution in [2.24, 2.45) is 0 Å². The van der Waals surface area contributed by atoms with Crippen LogP contribution in [0.15, 0.2) is 48.5 Å². The zero-order valence-corrected chi connectivity index (χ0v) is 15.5. The van der Waals surface area contributed by atoms with Gasteiger partial charge < -0.3 is 9.84 Å². The summed E-state index contributed by atoms with van der Waals surface area (Å²) in [7, 11) is 0. The number of nitrogens with one attached hydrogen (secondary N) is 1. The van der Waals surface area contributed by atoms with Crippen molar-refractivity contribution in [2.75, 3.05) is 13.1 Å². The maximum Gasteiger partial charge on any atom is 0.359 e. The Balaban J connectivity index is 1.47. The number of aromatic carboxylic acids is 1. The van der Waals surface area contributed by atoms with E-state index in [-0.39, 0.29) is 11.6 Å². The van der Waals surface area contributed by atoms with Crippen molar-refractivity contribution in [1.29, 1.82) is 0 Å². The molecule has 0 amide bonds. The summed E-state index contributed by atoms with van der Waals surface area (Å²) in [6.07, 6.45) is 3.92. The second-order valence-corrected chi connectivity index (χ2v) is 6.96. The summed E-state index contributed by atoms with van der Waals surface area (Å²) in [6, 6.07) is 16.1. The number of aromatic nitrogens is 3. The molecule has 0 spiro atoms. The molecule has 1 aromatic heterocycles. The number of hydrogen-bond acceptors (Lipinski definition) is 5. The predicted octanol–water partition coefficient (Wildman–Crippen LogP) is 3.95. The summed E-state index contributed by atoms with van der Waals surface area (Å²) >= 11 is 0. The Labute approximate surface area is 163 Å². The highest BCUT2D eigenvalue weighted by atomic mass is 16.5. The molecule has 3 aromatic rings. The topological polar surface area (TPSA) is 91.3 Å². The van der Waals surface area contributed by atoms with Crippen LogP contribution >= 0.6 is 0 Å². The van der Waals surface area contributed by atoms with Crippen molar-refractivity contribution in [3.05, 3.63) is 59.8 Å². The molecule has 0 atom stereocenters. The van der Waals surface area contributed by atoms with Crippen LogP contribution in [0.4, 0.5) is 0 Å². The van der Waals surface area contributed by atoms with Crippen LogP contribution in [0.3, 0.4) is 0 Å². The molecule has 0 aliphatic carbocycles. The van der Waals surface area contributed by atoms with Gasteiger partial charge in [0.1, 0.15) is 5.75 Å². The highest BCUT2D eigenvalue weighted by molar-refractivity contribution is 5.87. The first kappa shape index (κ1) is 18.2. The largest absolute Gasteiger partial charge is 0.476 e. The number of benzene rings is 2. The van der Waals surface area contributed by atoms with Crippen LogP contribution in [-0.2, 0) is 6.54 Å². The molecule has 2 N–H and O–H groups in total. The zero-order chi connectivity index (χ0) is 19.3. The smallest absolute Gasteiger partial charge is 0.359 e. The van der Waals surface area contributed by atoms with E-state index in [1.165, 1.54) is 37.9 Å². The Morgan fingerprint density at radius 2 is 1.86 bits per heavy atom. The third-order valence-electron chi connectivity index (χ3n) is 4.91. The molecule has 7 nitrogen and oxygen atoms in total. The number of likely N-dealkylation sites (tertiary alicyclic amines) is 1. The van der Waals surface area contributed by atoms with Gasteiger partial charge in [-0.3, -0.25) is 4.90 Å². The molecule has 2 aromatic carbocycles. The maximum absolute atomic E-state index is 11.1. The highest BCUT2D eigenvalue weighted by Gasteiger charge is 2.16. The molecule has 144 valence electrons. The van der Waals surface area contributed by atoms with Crippen molar-refractivity contribution < 1.29 is 14.6 Å². The van der Waals surface area contributed by atoms with Crippen LogP contribution in [0, 0.1) is 0 Å². The minimum Gasteiger partial charge on any atom is -0.476 e. The molecule has 1 aliphatic heterocycles. The third-order valence-corrected chi connectivity index (χ3v) is 4.91. The fourth-order valence-corrected chi connectivity index (χ4v) is 3.48. The standard InChI is InChI=1S/C21H22N4O3/c26-21(27)19-20(23-24-22-19)28-18-9-7-16(8-10-18)17-6-4-5-15(13-17)14-25-11-2-1-3-12-25/h4-10,13H,1-3,11-12,14H2,(H,26,27)(H,22,23,24). The van der Waals surface area contributed by atoms with Gasteiger partial charge in [0, 0.05) is 6.54 Å².